The monoisotopic (exact) mass is 373 g/mol. The summed E-state index contributed by atoms with van der Waals surface area (Å²) in [5, 5.41) is 16.9. The molecule has 26 heavy (non-hydrogen) atoms. The largest absolute Gasteiger partial charge is 0.431 e. The molecule has 2 aromatic heterocycles. The van der Waals surface area contributed by atoms with E-state index in [4.69, 9.17) is 9.52 Å². The van der Waals surface area contributed by atoms with Crippen molar-refractivity contribution in [2.24, 2.45) is 0 Å². The predicted octanol–water partition coefficient (Wildman–Crippen LogP) is 2.68. The number of anilines is 1. The first kappa shape index (κ1) is 16.9. The van der Waals surface area contributed by atoms with E-state index in [-0.39, 0.29) is 12.6 Å². The van der Waals surface area contributed by atoms with Gasteiger partial charge in [-0.15, -0.1) is 0 Å². The molecule has 8 nitrogen and oxygen atoms in total. The molecule has 4 rings (SSSR count). The van der Waals surface area contributed by atoms with Crippen molar-refractivity contribution in [2.75, 3.05) is 17.7 Å². The number of rotatable bonds is 5. The molecule has 3 heterocycles. The summed E-state index contributed by atoms with van der Waals surface area (Å²) in [6.07, 6.45) is 1.76. The Balaban J connectivity index is 1.46. The van der Waals surface area contributed by atoms with Crippen molar-refractivity contribution in [1.82, 2.24) is 19.7 Å². The van der Waals surface area contributed by atoms with Crippen molar-refractivity contribution in [2.45, 2.75) is 31.8 Å². The molecule has 3 aromatic rings. The minimum absolute atomic E-state index is 0.0236. The number of hydrogen-bond acceptors (Lipinski definition) is 6. The molecule has 2 amide bonds. The molecule has 0 unspecified atom stereocenters. The number of nitrogens with zero attached hydrogens (tertiary/aromatic N) is 4. The second-order valence-corrected chi connectivity index (χ2v) is 7.16. The first-order valence-electron chi connectivity index (χ1n) is 8.41. The summed E-state index contributed by atoms with van der Waals surface area (Å²) in [5.41, 5.74) is 4.08. The van der Waals surface area contributed by atoms with Crippen LogP contribution >= 0.6 is 11.8 Å². The van der Waals surface area contributed by atoms with Crippen LogP contribution in [0.3, 0.4) is 0 Å². The summed E-state index contributed by atoms with van der Waals surface area (Å²) < 4.78 is 7.43. The maximum Gasteiger partial charge on any atom is 0.322 e. The Morgan fingerprint density at radius 1 is 1.42 bits per heavy atom. The fourth-order valence-corrected chi connectivity index (χ4v) is 3.57. The van der Waals surface area contributed by atoms with E-state index in [0.717, 1.165) is 22.5 Å². The molecule has 9 heteroatoms. The fourth-order valence-electron chi connectivity index (χ4n) is 3.01. The molecule has 0 saturated carbocycles. The van der Waals surface area contributed by atoms with Gasteiger partial charge in [-0.3, -0.25) is 4.68 Å². The molecule has 1 aliphatic heterocycles. The zero-order valence-electron chi connectivity index (χ0n) is 14.3. The number of fused-ring (bicyclic) bond motifs is 2. The van der Waals surface area contributed by atoms with Gasteiger partial charge < -0.3 is 19.7 Å². The smallest absolute Gasteiger partial charge is 0.322 e. The number of urea groups is 1. The molecule has 0 spiro atoms. The van der Waals surface area contributed by atoms with Crippen molar-refractivity contribution in [3.05, 3.63) is 35.7 Å². The number of carbonyl (C=O) groups excluding carboxylic acids is 1. The highest BCUT2D eigenvalue weighted by molar-refractivity contribution is 7.99. The minimum Gasteiger partial charge on any atom is -0.431 e. The second kappa shape index (κ2) is 7.00. The molecule has 0 bridgehead atoms. The highest BCUT2D eigenvalue weighted by atomic mass is 32.2. The number of nitrogens with one attached hydrogen (secondary N) is 1. The third-order valence-electron chi connectivity index (χ3n) is 4.22. The third kappa shape index (κ3) is 3.15. The lowest BCUT2D eigenvalue weighted by atomic mass is 10.3. The first-order valence-corrected chi connectivity index (χ1v) is 9.40. The number of hydrogen-bond donors (Lipinski definition) is 2. The molecule has 136 valence electrons. The van der Waals surface area contributed by atoms with Crippen LogP contribution in [0.15, 0.2) is 34.0 Å². The molecule has 2 N–H and O–H groups in total. The Kier molecular flexibility index (Phi) is 4.56. The van der Waals surface area contributed by atoms with Gasteiger partial charge >= 0.3 is 6.03 Å². The van der Waals surface area contributed by atoms with E-state index >= 15 is 0 Å². The Morgan fingerprint density at radius 2 is 2.31 bits per heavy atom. The van der Waals surface area contributed by atoms with Gasteiger partial charge in [0.05, 0.1) is 38.1 Å². The summed E-state index contributed by atoms with van der Waals surface area (Å²) in [4.78, 5) is 18.7. The van der Waals surface area contributed by atoms with Gasteiger partial charge in [-0.1, -0.05) is 18.7 Å². The quantitative estimate of drug-likeness (QED) is 0.668. The maximum atomic E-state index is 12.6. The van der Waals surface area contributed by atoms with Crippen LogP contribution in [-0.2, 0) is 19.6 Å². The number of aromatic nitrogens is 3. The summed E-state index contributed by atoms with van der Waals surface area (Å²) in [5.74, 6) is 0.889. The van der Waals surface area contributed by atoms with Crippen LogP contribution in [0, 0.1) is 0 Å². The van der Waals surface area contributed by atoms with Crippen LogP contribution < -0.4 is 5.32 Å². The third-order valence-corrected chi connectivity index (χ3v) is 4.93. The van der Waals surface area contributed by atoms with Gasteiger partial charge in [-0.25, -0.2) is 9.78 Å². The van der Waals surface area contributed by atoms with E-state index in [9.17, 15) is 4.79 Å². The Labute approximate surface area is 154 Å². The zero-order chi connectivity index (χ0) is 18.1. The van der Waals surface area contributed by atoms with Crippen molar-refractivity contribution in [1.29, 1.82) is 0 Å². The van der Waals surface area contributed by atoms with Crippen molar-refractivity contribution in [3.63, 3.8) is 0 Å². The number of amides is 2. The van der Waals surface area contributed by atoms with Crippen LogP contribution in [0.2, 0.25) is 0 Å². The van der Waals surface area contributed by atoms with Gasteiger partial charge in [0.15, 0.2) is 5.58 Å². The number of thioether (sulfide) groups is 1. The normalized spacial score (nSPS) is 13.4. The summed E-state index contributed by atoms with van der Waals surface area (Å²) in [7, 11) is 0. The lowest BCUT2D eigenvalue weighted by Crippen LogP contribution is -2.30. The molecular weight excluding hydrogens is 354 g/mol. The Morgan fingerprint density at radius 3 is 3.12 bits per heavy atom. The molecular formula is C17H19N5O3S. The standard InChI is InChI=1S/C17H19N5O3S/c1-2-26-17-20-13-4-3-12(7-15(13)25-17)19-16(24)21-9-11-8-18-22(5-6-23)14(11)10-21/h3-4,7-8,23H,2,5-6,9-10H2,1H3,(H,19,24). The van der Waals surface area contributed by atoms with Crippen LogP contribution in [0.1, 0.15) is 18.2 Å². The average molecular weight is 373 g/mol. The summed E-state index contributed by atoms with van der Waals surface area (Å²) in [6.45, 7) is 3.48. The lowest BCUT2D eigenvalue weighted by Gasteiger charge is -2.17. The lowest BCUT2D eigenvalue weighted by molar-refractivity contribution is 0.210. The van der Waals surface area contributed by atoms with Crippen LogP contribution in [0.4, 0.5) is 10.5 Å². The number of aliphatic hydroxyl groups is 1. The molecule has 0 aliphatic carbocycles. The van der Waals surface area contributed by atoms with Gasteiger partial charge in [0.25, 0.3) is 5.22 Å². The minimum atomic E-state index is -0.182. The molecule has 0 radical (unpaired) electrons. The van der Waals surface area contributed by atoms with Crippen LogP contribution in [0.5, 0.6) is 0 Å². The molecule has 1 aliphatic rings. The highest BCUT2D eigenvalue weighted by Gasteiger charge is 2.27. The van der Waals surface area contributed by atoms with Crippen molar-refractivity contribution < 1.29 is 14.3 Å². The Bertz CT molecular complexity index is 951. The van der Waals surface area contributed by atoms with Gasteiger partial charge in [0, 0.05) is 17.3 Å². The van der Waals surface area contributed by atoms with E-state index in [2.05, 4.69) is 15.4 Å². The number of benzene rings is 1. The number of oxazole rings is 1. The molecule has 0 fully saturated rings. The number of aliphatic hydroxyl groups excluding tert-OH is 1. The topological polar surface area (TPSA) is 96.4 Å². The van der Waals surface area contributed by atoms with Crippen molar-refractivity contribution >= 4 is 34.6 Å². The second-order valence-electron chi connectivity index (χ2n) is 5.94. The van der Waals surface area contributed by atoms with Gasteiger partial charge in [0.1, 0.15) is 5.52 Å². The molecule has 0 atom stereocenters. The first-order chi connectivity index (χ1) is 12.7. The number of carbonyl (C=O) groups is 1. The SMILES string of the molecule is CCSc1nc2ccc(NC(=O)N3Cc4cnn(CCO)c4C3)cc2o1. The van der Waals surface area contributed by atoms with E-state index in [1.807, 2.05) is 19.1 Å². The van der Waals surface area contributed by atoms with Gasteiger partial charge in [-0.2, -0.15) is 5.10 Å². The molecule has 1 aromatic carbocycles. The van der Waals surface area contributed by atoms with Crippen LogP contribution in [0.25, 0.3) is 11.1 Å². The summed E-state index contributed by atoms with van der Waals surface area (Å²) >= 11 is 1.54. The highest BCUT2D eigenvalue weighted by Crippen LogP contribution is 2.27. The fraction of sp³-hybridized carbons (Fsp3) is 0.353. The maximum absolute atomic E-state index is 12.6. The van der Waals surface area contributed by atoms with E-state index in [1.54, 1.807) is 33.6 Å². The van der Waals surface area contributed by atoms with Gasteiger partial charge in [0.2, 0.25) is 0 Å². The zero-order valence-corrected chi connectivity index (χ0v) is 15.1. The van der Waals surface area contributed by atoms with E-state index < -0.39 is 0 Å². The van der Waals surface area contributed by atoms with Gasteiger partial charge in [-0.05, 0) is 17.9 Å². The average Bonchev–Trinajstić information content (AvgIpc) is 3.30. The molecule has 0 saturated heterocycles. The van der Waals surface area contributed by atoms with E-state index in [0.29, 0.717) is 36.1 Å². The van der Waals surface area contributed by atoms with Crippen LogP contribution in [-0.4, -0.2) is 43.2 Å². The predicted molar refractivity (Wildman–Crippen MR) is 98.0 cm³/mol. The van der Waals surface area contributed by atoms with Crippen molar-refractivity contribution in [3.8, 4) is 0 Å². The summed E-state index contributed by atoms with van der Waals surface area (Å²) in [6, 6.07) is 5.27. The van der Waals surface area contributed by atoms with E-state index in [1.165, 1.54) is 0 Å². The Hall–Kier alpha value is -2.52.